The number of likely N-dealkylation sites (tertiary alicyclic amines) is 1. The third-order valence-electron chi connectivity index (χ3n) is 3.84. The number of hydrogen-bond acceptors (Lipinski definition) is 3. The molecule has 4 nitrogen and oxygen atoms in total. The summed E-state index contributed by atoms with van der Waals surface area (Å²) in [6.07, 6.45) is 4.40. The van der Waals surface area contributed by atoms with Crippen LogP contribution in [0.25, 0.3) is 0 Å². The standard InChI is InChI=1S/C15H31N3O/c1-4-9-16-14-8-7-11-18(15(14)19)13-12-17(6-3)10-5-2/h14,16H,4-13H2,1-3H3. The van der Waals surface area contributed by atoms with Crippen molar-refractivity contribution in [1.29, 1.82) is 0 Å². The van der Waals surface area contributed by atoms with Gasteiger partial charge in [0.1, 0.15) is 0 Å². The predicted molar refractivity (Wildman–Crippen MR) is 80.3 cm³/mol. The minimum atomic E-state index is 0.0648. The van der Waals surface area contributed by atoms with Gasteiger partial charge in [-0.25, -0.2) is 0 Å². The van der Waals surface area contributed by atoms with Gasteiger partial charge < -0.3 is 15.1 Å². The molecule has 0 aromatic heterocycles. The van der Waals surface area contributed by atoms with Crippen LogP contribution in [0.1, 0.15) is 46.5 Å². The van der Waals surface area contributed by atoms with E-state index in [2.05, 4.69) is 35.9 Å². The van der Waals surface area contributed by atoms with Gasteiger partial charge in [-0.2, -0.15) is 0 Å². The van der Waals surface area contributed by atoms with Crippen LogP contribution in [-0.2, 0) is 4.79 Å². The van der Waals surface area contributed by atoms with Crippen LogP contribution in [0, 0.1) is 0 Å². The van der Waals surface area contributed by atoms with Crippen LogP contribution in [-0.4, -0.2) is 61.0 Å². The predicted octanol–water partition coefficient (Wildman–Crippen LogP) is 1.71. The number of nitrogens with zero attached hydrogens (tertiary/aromatic N) is 2. The molecular weight excluding hydrogens is 238 g/mol. The molecule has 1 unspecified atom stereocenters. The lowest BCUT2D eigenvalue weighted by Crippen LogP contribution is -2.52. The zero-order valence-electron chi connectivity index (χ0n) is 13.0. The SMILES string of the molecule is CCCNC1CCCN(CCN(CC)CCC)C1=O. The molecule has 1 atom stereocenters. The van der Waals surface area contributed by atoms with Gasteiger partial charge in [-0.05, 0) is 45.3 Å². The van der Waals surface area contributed by atoms with Gasteiger partial charge in [0, 0.05) is 19.6 Å². The van der Waals surface area contributed by atoms with E-state index in [1.54, 1.807) is 0 Å². The molecule has 0 aliphatic carbocycles. The lowest BCUT2D eigenvalue weighted by molar-refractivity contribution is -0.136. The van der Waals surface area contributed by atoms with Gasteiger partial charge in [0.05, 0.1) is 6.04 Å². The molecule has 1 amide bonds. The Morgan fingerprint density at radius 1 is 1.26 bits per heavy atom. The summed E-state index contributed by atoms with van der Waals surface area (Å²) in [4.78, 5) is 16.8. The topological polar surface area (TPSA) is 35.6 Å². The lowest BCUT2D eigenvalue weighted by Gasteiger charge is -2.34. The number of carbonyl (C=O) groups excluding carboxylic acids is 1. The fourth-order valence-electron chi connectivity index (χ4n) is 2.68. The van der Waals surface area contributed by atoms with Crippen LogP contribution in [0.3, 0.4) is 0 Å². The highest BCUT2D eigenvalue weighted by Crippen LogP contribution is 2.11. The van der Waals surface area contributed by atoms with Crippen molar-refractivity contribution >= 4 is 5.91 Å². The maximum Gasteiger partial charge on any atom is 0.239 e. The van der Waals surface area contributed by atoms with E-state index < -0.39 is 0 Å². The molecule has 0 aromatic rings. The van der Waals surface area contributed by atoms with E-state index in [9.17, 15) is 4.79 Å². The van der Waals surface area contributed by atoms with Crippen LogP contribution < -0.4 is 5.32 Å². The largest absolute Gasteiger partial charge is 0.340 e. The normalized spacial score (nSPS) is 20.3. The summed E-state index contributed by atoms with van der Waals surface area (Å²) in [5.74, 6) is 0.312. The average Bonchev–Trinajstić information content (AvgIpc) is 2.43. The van der Waals surface area contributed by atoms with Crippen molar-refractivity contribution in [3.8, 4) is 0 Å². The number of nitrogens with one attached hydrogen (secondary N) is 1. The molecule has 1 N–H and O–H groups in total. The highest BCUT2D eigenvalue weighted by Gasteiger charge is 2.27. The third-order valence-corrected chi connectivity index (χ3v) is 3.84. The van der Waals surface area contributed by atoms with Crippen molar-refractivity contribution in [3.05, 3.63) is 0 Å². The van der Waals surface area contributed by atoms with Gasteiger partial charge in [0.2, 0.25) is 5.91 Å². The van der Waals surface area contributed by atoms with E-state index in [0.29, 0.717) is 5.91 Å². The van der Waals surface area contributed by atoms with Crippen molar-refractivity contribution in [2.24, 2.45) is 0 Å². The number of hydrogen-bond donors (Lipinski definition) is 1. The first-order valence-corrected chi connectivity index (χ1v) is 7.97. The van der Waals surface area contributed by atoms with Crippen molar-refractivity contribution in [2.75, 3.05) is 39.3 Å². The Labute approximate surface area is 118 Å². The fraction of sp³-hybridized carbons (Fsp3) is 0.933. The molecule has 0 aromatic carbocycles. The molecule has 0 spiro atoms. The van der Waals surface area contributed by atoms with Crippen molar-refractivity contribution < 1.29 is 4.79 Å². The van der Waals surface area contributed by atoms with E-state index in [-0.39, 0.29) is 6.04 Å². The number of rotatable bonds is 9. The highest BCUT2D eigenvalue weighted by molar-refractivity contribution is 5.82. The van der Waals surface area contributed by atoms with Gasteiger partial charge in [0.15, 0.2) is 0 Å². The van der Waals surface area contributed by atoms with Gasteiger partial charge in [-0.15, -0.1) is 0 Å². The average molecular weight is 269 g/mol. The van der Waals surface area contributed by atoms with Crippen molar-refractivity contribution in [1.82, 2.24) is 15.1 Å². The zero-order chi connectivity index (χ0) is 14.1. The van der Waals surface area contributed by atoms with Crippen molar-refractivity contribution in [2.45, 2.75) is 52.5 Å². The number of piperidine rings is 1. The van der Waals surface area contributed by atoms with Crippen molar-refractivity contribution in [3.63, 3.8) is 0 Å². The van der Waals surface area contributed by atoms with E-state index in [4.69, 9.17) is 0 Å². The Balaban J connectivity index is 2.37. The summed E-state index contributed by atoms with van der Waals surface area (Å²) in [7, 11) is 0. The number of carbonyl (C=O) groups is 1. The maximum absolute atomic E-state index is 12.3. The molecular formula is C15H31N3O. The van der Waals surface area contributed by atoms with E-state index >= 15 is 0 Å². The summed E-state index contributed by atoms with van der Waals surface area (Å²) in [6, 6.07) is 0.0648. The first kappa shape index (κ1) is 16.4. The third kappa shape index (κ3) is 5.49. The maximum atomic E-state index is 12.3. The van der Waals surface area contributed by atoms with Crippen LogP contribution in [0.5, 0.6) is 0 Å². The van der Waals surface area contributed by atoms with E-state index in [1.807, 2.05) is 0 Å². The first-order valence-electron chi connectivity index (χ1n) is 7.97. The minimum Gasteiger partial charge on any atom is -0.340 e. The molecule has 0 saturated carbocycles. The second-order valence-electron chi connectivity index (χ2n) is 5.41. The molecule has 1 saturated heterocycles. The Morgan fingerprint density at radius 2 is 2.05 bits per heavy atom. The molecule has 112 valence electrons. The summed E-state index contributed by atoms with van der Waals surface area (Å²) in [6.45, 7) is 12.5. The zero-order valence-corrected chi connectivity index (χ0v) is 13.0. The van der Waals surface area contributed by atoms with Gasteiger partial charge >= 0.3 is 0 Å². The summed E-state index contributed by atoms with van der Waals surface area (Å²) in [5.41, 5.74) is 0. The van der Waals surface area contributed by atoms with Crippen LogP contribution in [0.15, 0.2) is 0 Å². The quantitative estimate of drug-likeness (QED) is 0.692. The van der Waals surface area contributed by atoms with E-state index in [0.717, 1.165) is 58.5 Å². The van der Waals surface area contributed by atoms with Gasteiger partial charge in [-0.3, -0.25) is 4.79 Å². The molecule has 19 heavy (non-hydrogen) atoms. The Bertz CT molecular complexity index is 258. The molecule has 1 rings (SSSR count). The summed E-state index contributed by atoms with van der Waals surface area (Å²) >= 11 is 0. The molecule has 0 bridgehead atoms. The molecule has 4 heteroatoms. The fourth-order valence-corrected chi connectivity index (χ4v) is 2.68. The molecule has 0 radical (unpaired) electrons. The monoisotopic (exact) mass is 269 g/mol. The van der Waals surface area contributed by atoms with Crippen LogP contribution in [0.2, 0.25) is 0 Å². The number of likely N-dealkylation sites (N-methyl/N-ethyl adjacent to an activating group) is 1. The smallest absolute Gasteiger partial charge is 0.239 e. The van der Waals surface area contributed by atoms with E-state index in [1.165, 1.54) is 6.42 Å². The Kier molecular flexibility index (Phi) is 8.07. The molecule has 1 aliphatic heterocycles. The molecule has 1 aliphatic rings. The van der Waals surface area contributed by atoms with Crippen LogP contribution >= 0.6 is 0 Å². The Morgan fingerprint density at radius 3 is 2.68 bits per heavy atom. The molecule has 1 heterocycles. The Hall–Kier alpha value is -0.610. The second-order valence-corrected chi connectivity index (χ2v) is 5.41. The van der Waals surface area contributed by atoms with Crippen LogP contribution in [0.4, 0.5) is 0 Å². The minimum absolute atomic E-state index is 0.0648. The first-order chi connectivity index (χ1) is 9.22. The van der Waals surface area contributed by atoms with Gasteiger partial charge in [0.25, 0.3) is 0 Å². The number of amides is 1. The second kappa shape index (κ2) is 9.32. The summed E-state index contributed by atoms with van der Waals surface area (Å²) in [5, 5.41) is 3.37. The van der Waals surface area contributed by atoms with Gasteiger partial charge in [-0.1, -0.05) is 20.8 Å². The highest BCUT2D eigenvalue weighted by atomic mass is 16.2. The summed E-state index contributed by atoms with van der Waals surface area (Å²) < 4.78 is 0. The molecule has 1 fully saturated rings. The lowest BCUT2D eigenvalue weighted by atomic mass is 10.0.